The molecule has 9 nitrogen and oxygen atoms in total. The van der Waals surface area contributed by atoms with Crippen LogP contribution in [0.15, 0.2) is 46.1 Å². The van der Waals surface area contributed by atoms with E-state index in [0.29, 0.717) is 49.7 Å². The van der Waals surface area contributed by atoms with Crippen molar-refractivity contribution in [3.8, 4) is 0 Å². The number of allylic oxidation sites excluding steroid dienone is 7. The van der Waals surface area contributed by atoms with Crippen molar-refractivity contribution in [1.82, 2.24) is 0 Å². The molecule has 0 spiro atoms. The van der Waals surface area contributed by atoms with Crippen molar-refractivity contribution in [2.24, 2.45) is 29.1 Å². The number of fused-ring (bicyclic) bond motifs is 5. The van der Waals surface area contributed by atoms with Gasteiger partial charge in [-0.05, 0) is 110 Å². The van der Waals surface area contributed by atoms with Gasteiger partial charge in [0.1, 0.15) is 11.4 Å². The number of ketones is 3. The number of carbonyl (C=O) groups excluding carboxylic acids is 4. The minimum Gasteiger partial charge on any atom is -0.469 e. The highest BCUT2D eigenvalue weighted by atomic mass is 16.5. The number of hydrogen-bond donors (Lipinski definition) is 3. The van der Waals surface area contributed by atoms with Gasteiger partial charge in [-0.2, -0.15) is 0 Å². The van der Waals surface area contributed by atoms with Crippen LogP contribution in [0.4, 0.5) is 0 Å². The summed E-state index contributed by atoms with van der Waals surface area (Å²) in [5, 5.41) is 34.9. The van der Waals surface area contributed by atoms with Crippen molar-refractivity contribution in [2.75, 3.05) is 7.11 Å². The lowest BCUT2D eigenvalue weighted by Crippen LogP contribution is -2.59. The van der Waals surface area contributed by atoms with Crippen molar-refractivity contribution in [1.29, 1.82) is 0 Å². The maximum atomic E-state index is 15.0. The van der Waals surface area contributed by atoms with E-state index in [1.165, 1.54) is 7.11 Å². The molecule has 4 rings (SSSR count). The van der Waals surface area contributed by atoms with Crippen LogP contribution in [0.25, 0.3) is 0 Å². The zero-order valence-corrected chi connectivity index (χ0v) is 31.6. The van der Waals surface area contributed by atoms with Gasteiger partial charge in [0.05, 0.1) is 36.4 Å². The zero-order valence-electron chi connectivity index (χ0n) is 31.6. The van der Waals surface area contributed by atoms with Crippen LogP contribution in [0.5, 0.6) is 0 Å². The second-order valence-electron chi connectivity index (χ2n) is 16.5. The molecule has 0 unspecified atom stereocenters. The van der Waals surface area contributed by atoms with E-state index in [-0.39, 0.29) is 49.0 Å². The van der Waals surface area contributed by atoms with E-state index in [2.05, 4.69) is 0 Å². The Labute approximate surface area is 298 Å². The topological polar surface area (TPSA) is 147 Å². The molecule has 1 saturated heterocycles. The summed E-state index contributed by atoms with van der Waals surface area (Å²) in [5.74, 6) is -4.11. The molecule has 2 aliphatic carbocycles. The van der Waals surface area contributed by atoms with Crippen molar-refractivity contribution in [3.63, 3.8) is 0 Å². The maximum absolute atomic E-state index is 15.0. The molecular weight excluding hydrogens is 636 g/mol. The van der Waals surface area contributed by atoms with Gasteiger partial charge < -0.3 is 24.8 Å². The molecule has 0 aromatic heterocycles. The number of carbonyl (C=O) groups is 4. The molecule has 2 bridgehead atoms. The third-order valence-electron chi connectivity index (χ3n) is 12.3. The van der Waals surface area contributed by atoms with Gasteiger partial charge >= 0.3 is 5.97 Å². The summed E-state index contributed by atoms with van der Waals surface area (Å²) >= 11 is 0. The zero-order chi connectivity index (χ0) is 37.3. The summed E-state index contributed by atoms with van der Waals surface area (Å²) in [6.45, 7) is 14.5. The number of methoxy groups -OCH3 is 1. The van der Waals surface area contributed by atoms with Crippen molar-refractivity contribution in [2.45, 2.75) is 149 Å². The Bertz CT molecular complexity index is 1470. The highest BCUT2D eigenvalue weighted by molar-refractivity contribution is 6.01. The van der Waals surface area contributed by atoms with Crippen LogP contribution in [-0.4, -0.2) is 75.3 Å². The van der Waals surface area contributed by atoms with Gasteiger partial charge in [-0.15, -0.1) is 0 Å². The van der Waals surface area contributed by atoms with Crippen LogP contribution in [0, 0.1) is 29.1 Å². The largest absolute Gasteiger partial charge is 0.469 e. The molecule has 0 radical (unpaired) electrons. The first-order valence-corrected chi connectivity index (χ1v) is 18.4. The van der Waals surface area contributed by atoms with Crippen LogP contribution in [0.1, 0.15) is 120 Å². The minimum absolute atomic E-state index is 0.00517. The molecular formula is C41H60O9. The standard InChI is InChI=1S/C41H60O9/c1-23(2)29-20-33(43)26(5)12-10-11-24(3)17-28(42)22-41(38(46)49-9)31-18-25(4)13-14-35-39(7,47)16-15-36(50-35)40(8,48)34(44)21-30(31)27(6)19-32(41)37(29)45/h12,17-18,23,29,31-32,34-36,44,47-48H,10-11,13-16,19-22H2,1-9H3/b24-17-,25-18-,26-12-/t29-,31-,32+,34-,35-,36+,39+,40-,41-/m0/s1. The van der Waals surface area contributed by atoms with E-state index in [1.54, 1.807) is 26.8 Å². The van der Waals surface area contributed by atoms with Gasteiger partial charge in [0.15, 0.2) is 11.6 Å². The predicted octanol–water partition coefficient (Wildman–Crippen LogP) is 6.09. The monoisotopic (exact) mass is 696 g/mol. The molecule has 9 atom stereocenters. The second-order valence-corrected chi connectivity index (χ2v) is 16.5. The summed E-state index contributed by atoms with van der Waals surface area (Å²) in [5.41, 5.74) is -0.821. The van der Waals surface area contributed by atoms with Crippen LogP contribution in [-0.2, 0) is 28.7 Å². The first kappa shape index (κ1) is 40.1. The lowest BCUT2D eigenvalue weighted by Gasteiger charge is -2.50. The van der Waals surface area contributed by atoms with E-state index in [4.69, 9.17) is 9.47 Å². The maximum Gasteiger partial charge on any atom is 0.313 e. The summed E-state index contributed by atoms with van der Waals surface area (Å²) in [6.07, 6.45) is 5.21. The molecule has 278 valence electrons. The van der Waals surface area contributed by atoms with Gasteiger partial charge in [0, 0.05) is 30.6 Å². The van der Waals surface area contributed by atoms with Crippen LogP contribution in [0.3, 0.4) is 0 Å². The average Bonchev–Trinajstić information content (AvgIpc) is 3.03. The molecule has 50 heavy (non-hydrogen) atoms. The summed E-state index contributed by atoms with van der Waals surface area (Å²) in [4.78, 5) is 57.2. The van der Waals surface area contributed by atoms with Gasteiger partial charge in [0.2, 0.25) is 0 Å². The molecule has 1 fully saturated rings. The third-order valence-corrected chi connectivity index (χ3v) is 12.3. The van der Waals surface area contributed by atoms with E-state index >= 15 is 4.79 Å². The van der Waals surface area contributed by atoms with E-state index < -0.39 is 58.7 Å². The molecule has 3 N–H and O–H groups in total. The van der Waals surface area contributed by atoms with E-state index in [9.17, 15) is 29.7 Å². The van der Waals surface area contributed by atoms with Gasteiger partial charge in [-0.25, -0.2) is 0 Å². The number of aliphatic hydroxyl groups excluding tert-OH is 1. The lowest BCUT2D eigenvalue weighted by molar-refractivity contribution is -0.234. The molecule has 9 heteroatoms. The molecule has 4 aliphatic rings. The van der Waals surface area contributed by atoms with Gasteiger partial charge in [-0.3, -0.25) is 19.2 Å². The third kappa shape index (κ3) is 8.01. The Morgan fingerprint density at radius 2 is 1.64 bits per heavy atom. The number of ether oxygens (including phenoxy) is 2. The number of esters is 1. The Balaban J connectivity index is 2.01. The SMILES string of the molecule is COC(=O)[C@]12CC(=O)/C=C(/C)CC/C=C(/C)C(=O)C[C@@H](C(C)C)C(=O)[C@H]1CC(C)=C1C[C@H](O)[C@](C)(O)[C@H]3CC[C@@](C)(O)[C@H](CC/C(C)=C\[C@@H]12)O3. The first-order chi connectivity index (χ1) is 23.3. The predicted molar refractivity (Wildman–Crippen MR) is 191 cm³/mol. The quantitative estimate of drug-likeness (QED) is 0.231. The lowest BCUT2D eigenvalue weighted by atomic mass is 9.52. The number of Topliss-reactive ketones (excluding diaryl/α,β-unsaturated/α-hetero) is 2. The summed E-state index contributed by atoms with van der Waals surface area (Å²) < 4.78 is 11.9. The molecule has 0 aromatic carbocycles. The molecule has 0 amide bonds. The van der Waals surface area contributed by atoms with Crippen molar-refractivity contribution >= 4 is 23.3 Å². The van der Waals surface area contributed by atoms with Gasteiger partial charge in [0.25, 0.3) is 0 Å². The number of hydrogen-bond acceptors (Lipinski definition) is 9. The molecule has 0 saturated carbocycles. The summed E-state index contributed by atoms with van der Waals surface area (Å²) in [6, 6.07) is 0. The summed E-state index contributed by atoms with van der Waals surface area (Å²) in [7, 11) is 1.27. The molecule has 0 aromatic rings. The highest BCUT2D eigenvalue weighted by Crippen LogP contribution is 2.56. The Morgan fingerprint density at radius 3 is 2.28 bits per heavy atom. The van der Waals surface area contributed by atoms with Crippen LogP contribution < -0.4 is 0 Å². The van der Waals surface area contributed by atoms with Crippen molar-refractivity contribution in [3.05, 3.63) is 46.1 Å². The fourth-order valence-corrected chi connectivity index (χ4v) is 8.84. The Morgan fingerprint density at radius 1 is 0.960 bits per heavy atom. The number of rotatable bonds is 2. The normalized spacial score (nSPS) is 41.5. The van der Waals surface area contributed by atoms with Crippen LogP contribution >= 0.6 is 0 Å². The minimum atomic E-state index is -1.71. The second kappa shape index (κ2) is 15.5. The Hall–Kier alpha value is -2.72. The Kier molecular flexibility index (Phi) is 12.4. The fourth-order valence-electron chi connectivity index (χ4n) is 8.84. The first-order valence-electron chi connectivity index (χ1n) is 18.4. The molecule has 2 heterocycles. The smallest absolute Gasteiger partial charge is 0.313 e. The van der Waals surface area contributed by atoms with Crippen LogP contribution in [0.2, 0.25) is 0 Å². The van der Waals surface area contributed by atoms with E-state index in [0.717, 1.165) is 16.7 Å². The fraction of sp³-hybridized carbons (Fsp3) is 0.707. The number of aliphatic hydroxyl groups is 3. The van der Waals surface area contributed by atoms with Crippen molar-refractivity contribution < 1.29 is 44.0 Å². The average molecular weight is 697 g/mol. The van der Waals surface area contributed by atoms with E-state index in [1.807, 2.05) is 46.8 Å². The van der Waals surface area contributed by atoms with Gasteiger partial charge in [-0.1, -0.05) is 48.3 Å². The molecule has 2 aliphatic heterocycles. The highest BCUT2D eigenvalue weighted by Gasteiger charge is 2.60.